The number of anilines is 1. The maximum atomic E-state index is 12.3. The van der Waals surface area contributed by atoms with E-state index in [2.05, 4.69) is 10.6 Å². The van der Waals surface area contributed by atoms with Crippen molar-refractivity contribution in [1.29, 1.82) is 0 Å². The molecule has 0 radical (unpaired) electrons. The maximum absolute atomic E-state index is 12.3. The molecule has 2 aromatic carbocycles. The quantitative estimate of drug-likeness (QED) is 0.801. The lowest BCUT2D eigenvalue weighted by molar-refractivity contribution is -0.125. The highest BCUT2D eigenvalue weighted by Crippen LogP contribution is 2.39. The van der Waals surface area contributed by atoms with Gasteiger partial charge in [0.25, 0.3) is 0 Å². The van der Waals surface area contributed by atoms with Gasteiger partial charge in [-0.05, 0) is 24.6 Å². The average molecular weight is 354 g/mol. The number of ether oxygens (including phenoxy) is 2. The highest BCUT2D eigenvalue weighted by atomic mass is 16.5. The van der Waals surface area contributed by atoms with Gasteiger partial charge in [-0.1, -0.05) is 24.3 Å². The van der Waals surface area contributed by atoms with Crippen LogP contribution in [0, 0.1) is 11.8 Å². The molecule has 0 aromatic heterocycles. The van der Waals surface area contributed by atoms with Crippen LogP contribution >= 0.6 is 0 Å². The molecule has 2 N–H and O–H groups in total. The van der Waals surface area contributed by atoms with Gasteiger partial charge < -0.3 is 20.1 Å². The van der Waals surface area contributed by atoms with E-state index < -0.39 is 0 Å². The Morgan fingerprint density at radius 1 is 1.00 bits per heavy atom. The molecule has 0 bridgehead atoms. The zero-order valence-electron chi connectivity index (χ0n) is 14.8. The lowest BCUT2D eigenvalue weighted by atomic mass is 10.2. The summed E-state index contributed by atoms with van der Waals surface area (Å²) in [5.41, 5.74) is 1.57. The molecule has 1 aliphatic rings. The van der Waals surface area contributed by atoms with Crippen molar-refractivity contribution in [3.63, 3.8) is 0 Å². The molecule has 136 valence electrons. The van der Waals surface area contributed by atoms with Crippen molar-refractivity contribution >= 4 is 17.5 Å². The van der Waals surface area contributed by atoms with Crippen molar-refractivity contribution in [2.75, 3.05) is 19.5 Å². The minimum atomic E-state index is -0.293. The van der Waals surface area contributed by atoms with Crippen LogP contribution in [0.25, 0.3) is 0 Å². The number of methoxy groups -OCH3 is 2. The molecule has 0 aliphatic heterocycles. The second-order valence-corrected chi connectivity index (χ2v) is 6.20. The molecule has 2 atom stereocenters. The first-order valence-corrected chi connectivity index (χ1v) is 8.47. The predicted octanol–water partition coefficient (Wildman–Crippen LogP) is 2.59. The second-order valence-electron chi connectivity index (χ2n) is 6.20. The van der Waals surface area contributed by atoms with Crippen LogP contribution in [-0.4, -0.2) is 26.0 Å². The van der Waals surface area contributed by atoms with E-state index in [1.807, 2.05) is 24.3 Å². The third kappa shape index (κ3) is 4.14. The summed E-state index contributed by atoms with van der Waals surface area (Å²) in [5.74, 6) is 0.576. The van der Waals surface area contributed by atoms with Gasteiger partial charge in [-0.15, -0.1) is 0 Å². The van der Waals surface area contributed by atoms with Crippen molar-refractivity contribution in [2.45, 2.75) is 13.0 Å². The molecule has 0 saturated heterocycles. The van der Waals surface area contributed by atoms with E-state index in [0.717, 1.165) is 11.3 Å². The molecule has 2 amide bonds. The number of hydrogen-bond donors (Lipinski definition) is 2. The van der Waals surface area contributed by atoms with E-state index >= 15 is 0 Å². The molecule has 3 rings (SSSR count). The molecule has 1 aliphatic carbocycles. The predicted molar refractivity (Wildman–Crippen MR) is 98.1 cm³/mol. The number of hydrogen-bond acceptors (Lipinski definition) is 4. The van der Waals surface area contributed by atoms with Crippen molar-refractivity contribution in [2.24, 2.45) is 11.8 Å². The van der Waals surface area contributed by atoms with Crippen molar-refractivity contribution in [3.05, 3.63) is 54.1 Å². The Kier molecular flexibility index (Phi) is 5.41. The number of nitrogens with one attached hydrogen (secondary N) is 2. The van der Waals surface area contributed by atoms with Crippen LogP contribution in [0.15, 0.2) is 48.5 Å². The van der Waals surface area contributed by atoms with Gasteiger partial charge in [0.1, 0.15) is 11.5 Å². The van der Waals surface area contributed by atoms with Crippen LogP contribution < -0.4 is 20.1 Å². The zero-order valence-corrected chi connectivity index (χ0v) is 14.8. The fraction of sp³-hybridized carbons (Fsp3) is 0.300. The van der Waals surface area contributed by atoms with Crippen LogP contribution in [0.2, 0.25) is 0 Å². The summed E-state index contributed by atoms with van der Waals surface area (Å²) in [7, 11) is 3.17. The summed E-state index contributed by atoms with van der Waals surface area (Å²) in [6, 6.07) is 14.7. The van der Waals surface area contributed by atoms with Gasteiger partial charge in [0.2, 0.25) is 11.8 Å². The van der Waals surface area contributed by atoms with E-state index in [1.54, 1.807) is 38.5 Å². The van der Waals surface area contributed by atoms with E-state index in [0.29, 0.717) is 24.4 Å². The van der Waals surface area contributed by atoms with Crippen molar-refractivity contribution in [1.82, 2.24) is 5.32 Å². The molecule has 0 heterocycles. The van der Waals surface area contributed by atoms with Crippen LogP contribution in [0.1, 0.15) is 12.0 Å². The summed E-state index contributed by atoms with van der Waals surface area (Å²) in [6.45, 7) is 0.379. The number of carbonyl (C=O) groups excluding carboxylic acids is 2. The summed E-state index contributed by atoms with van der Waals surface area (Å²) in [4.78, 5) is 24.6. The Bertz CT molecular complexity index is 806. The van der Waals surface area contributed by atoms with Crippen LogP contribution in [0.4, 0.5) is 5.69 Å². The summed E-state index contributed by atoms with van der Waals surface area (Å²) < 4.78 is 10.4. The van der Waals surface area contributed by atoms with Gasteiger partial charge in [0.05, 0.1) is 26.1 Å². The van der Waals surface area contributed by atoms with Crippen LogP contribution in [0.3, 0.4) is 0 Å². The van der Waals surface area contributed by atoms with Gasteiger partial charge in [0.15, 0.2) is 0 Å². The molecule has 2 unspecified atom stereocenters. The van der Waals surface area contributed by atoms with Crippen molar-refractivity contribution < 1.29 is 19.1 Å². The SMILES string of the molecule is COc1cccc(NC(=O)C2CC2C(=O)NCc2ccccc2OC)c1. The van der Waals surface area contributed by atoms with Crippen molar-refractivity contribution in [3.8, 4) is 11.5 Å². The molecule has 26 heavy (non-hydrogen) atoms. The Morgan fingerprint density at radius 2 is 1.77 bits per heavy atom. The van der Waals surface area contributed by atoms with Gasteiger partial charge in [-0.25, -0.2) is 0 Å². The minimum Gasteiger partial charge on any atom is -0.497 e. The standard InChI is InChI=1S/C20H22N2O4/c1-25-15-8-5-7-14(10-15)22-20(24)17-11-16(17)19(23)21-12-13-6-3-4-9-18(13)26-2/h3-10,16-17H,11-12H2,1-2H3,(H,21,23)(H,22,24). The molecular formula is C20H22N2O4. The van der Waals surface area contributed by atoms with E-state index in [9.17, 15) is 9.59 Å². The Balaban J connectivity index is 1.51. The third-order valence-corrected chi connectivity index (χ3v) is 4.45. The Morgan fingerprint density at radius 3 is 2.54 bits per heavy atom. The van der Waals surface area contributed by atoms with E-state index in [-0.39, 0.29) is 23.7 Å². The van der Waals surface area contributed by atoms with Crippen LogP contribution in [-0.2, 0) is 16.1 Å². The molecule has 6 heteroatoms. The maximum Gasteiger partial charge on any atom is 0.228 e. The number of amides is 2. The highest BCUT2D eigenvalue weighted by molar-refractivity contribution is 5.99. The lowest BCUT2D eigenvalue weighted by Gasteiger charge is -2.10. The normalized spacial score (nSPS) is 17.9. The van der Waals surface area contributed by atoms with Gasteiger partial charge in [-0.2, -0.15) is 0 Å². The Labute approximate surface area is 152 Å². The molecular weight excluding hydrogens is 332 g/mol. The molecule has 1 fully saturated rings. The van der Waals surface area contributed by atoms with Gasteiger partial charge >= 0.3 is 0 Å². The summed E-state index contributed by atoms with van der Waals surface area (Å²) in [5, 5.41) is 5.72. The topological polar surface area (TPSA) is 76.7 Å². The highest BCUT2D eigenvalue weighted by Gasteiger charge is 2.47. The first-order chi connectivity index (χ1) is 12.6. The first-order valence-electron chi connectivity index (χ1n) is 8.47. The number of benzene rings is 2. The smallest absolute Gasteiger partial charge is 0.228 e. The molecule has 0 spiro atoms. The van der Waals surface area contributed by atoms with E-state index in [1.165, 1.54) is 0 Å². The fourth-order valence-corrected chi connectivity index (χ4v) is 2.87. The largest absolute Gasteiger partial charge is 0.497 e. The number of para-hydroxylation sites is 1. The fourth-order valence-electron chi connectivity index (χ4n) is 2.87. The second kappa shape index (κ2) is 7.91. The summed E-state index contributed by atoms with van der Waals surface area (Å²) in [6.07, 6.45) is 0.563. The number of rotatable bonds is 7. The van der Waals surface area contributed by atoms with Gasteiger partial charge in [-0.3, -0.25) is 9.59 Å². The number of carbonyl (C=O) groups is 2. The van der Waals surface area contributed by atoms with E-state index in [4.69, 9.17) is 9.47 Å². The molecule has 1 saturated carbocycles. The Hall–Kier alpha value is -3.02. The third-order valence-electron chi connectivity index (χ3n) is 4.45. The zero-order chi connectivity index (χ0) is 18.5. The first kappa shape index (κ1) is 17.8. The average Bonchev–Trinajstić information content (AvgIpc) is 3.47. The molecule has 2 aromatic rings. The van der Waals surface area contributed by atoms with Crippen LogP contribution in [0.5, 0.6) is 11.5 Å². The molecule has 6 nitrogen and oxygen atoms in total. The lowest BCUT2D eigenvalue weighted by Crippen LogP contribution is -2.27. The monoisotopic (exact) mass is 354 g/mol. The minimum absolute atomic E-state index is 0.110. The van der Waals surface area contributed by atoms with Gasteiger partial charge in [0, 0.05) is 23.9 Å². The summed E-state index contributed by atoms with van der Waals surface area (Å²) >= 11 is 0.